The van der Waals surface area contributed by atoms with E-state index in [4.69, 9.17) is 9.84 Å². The lowest BCUT2D eigenvalue weighted by atomic mass is 10.3. The Morgan fingerprint density at radius 1 is 1.44 bits per heavy atom. The summed E-state index contributed by atoms with van der Waals surface area (Å²) in [5.74, 6) is -0.649. The number of carbonyl (C=O) groups is 1. The van der Waals surface area contributed by atoms with E-state index in [2.05, 4.69) is 15.3 Å². The molecule has 7 heteroatoms. The van der Waals surface area contributed by atoms with Gasteiger partial charge in [-0.1, -0.05) is 0 Å². The molecule has 0 atom stereocenters. The van der Waals surface area contributed by atoms with Crippen LogP contribution in [0, 0.1) is 13.8 Å². The minimum atomic E-state index is -1.11. The maximum Gasteiger partial charge on any atom is 0.341 e. The molecule has 2 rings (SSSR count). The normalized spacial score (nSPS) is 10.4. The van der Waals surface area contributed by atoms with Crippen LogP contribution in [0.5, 0.6) is 11.6 Å². The van der Waals surface area contributed by atoms with Gasteiger partial charge in [-0.2, -0.15) is 10.2 Å². The van der Waals surface area contributed by atoms with Crippen molar-refractivity contribution in [2.75, 3.05) is 0 Å². The van der Waals surface area contributed by atoms with Crippen molar-refractivity contribution in [3.63, 3.8) is 0 Å². The number of rotatable bonds is 3. The SMILES string of the molecule is Cc1nn(C)c(C)c1Oc1nnccc1C(=O)O. The molecule has 7 nitrogen and oxygen atoms in total. The summed E-state index contributed by atoms with van der Waals surface area (Å²) in [5, 5.41) is 20.5. The van der Waals surface area contributed by atoms with E-state index in [9.17, 15) is 4.79 Å². The van der Waals surface area contributed by atoms with Gasteiger partial charge < -0.3 is 9.84 Å². The highest BCUT2D eigenvalue weighted by Gasteiger charge is 2.18. The third kappa shape index (κ3) is 2.02. The zero-order chi connectivity index (χ0) is 13.3. The number of aromatic carboxylic acids is 1. The highest BCUT2D eigenvalue weighted by molar-refractivity contribution is 5.90. The first-order valence-corrected chi connectivity index (χ1v) is 5.23. The lowest BCUT2D eigenvalue weighted by molar-refractivity contribution is 0.0693. The van der Waals surface area contributed by atoms with E-state index in [1.165, 1.54) is 12.3 Å². The zero-order valence-corrected chi connectivity index (χ0v) is 10.2. The minimum Gasteiger partial charge on any atom is -0.477 e. The molecule has 0 aromatic carbocycles. The molecular weight excluding hydrogens is 236 g/mol. The number of nitrogens with zero attached hydrogens (tertiary/aromatic N) is 4. The summed E-state index contributed by atoms with van der Waals surface area (Å²) >= 11 is 0. The summed E-state index contributed by atoms with van der Waals surface area (Å²) in [5.41, 5.74) is 1.42. The molecular formula is C11H12N4O3. The number of hydrogen-bond donors (Lipinski definition) is 1. The first-order valence-electron chi connectivity index (χ1n) is 5.23. The van der Waals surface area contributed by atoms with E-state index in [1.54, 1.807) is 18.7 Å². The van der Waals surface area contributed by atoms with Gasteiger partial charge in [0.2, 0.25) is 0 Å². The van der Waals surface area contributed by atoms with Gasteiger partial charge in [-0.15, -0.1) is 5.10 Å². The number of ether oxygens (including phenoxy) is 1. The Labute approximate surface area is 103 Å². The van der Waals surface area contributed by atoms with Crippen LogP contribution in [0.1, 0.15) is 21.7 Å². The standard InChI is InChI=1S/C11H12N4O3/c1-6-9(7(2)15(3)14-6)18-10-8(11(16)17)4-5-12-13-10/h4-5H,1-3H3,(H,16,17). The van der Waals surface area contributed by atoms with Gasteiger partial charge in [0.05, 0.1) is 11.9 Å². The van der Waals surface area contributed by atoms with E-state index in [-0.39, 0.29) is 11.4 Å². The number of carboxylic acid groups (broad SMARTS) is 1. The fraction of sp³-hybridized carbons (Fsp3) is 0.273. The zero-order valence-electron chi connectivity index (χ0n) is 10.2. The van der Waals surface area contributed by atoms with Crippen molar-refractivity contribution in [3.05, 3.63) is 29.2 Å². The van der Waals surface area contributed by atoms with Gasteiger partial charge >= 0.3 is 5.97 Å². The third-order valence-corrected chi connectivity index (χ3v) is 2.56. The van der Waals surface area contributed by atoms with Crippen molar-refractivity contribution in [2.45, 2.75) is 13.8 Å². The molecule has 0 aliphatic carbocycles. The Bertz CT molecular complexity index is 606. The van der Waals surface area contributed by atoms with E-state index in [1.807, 2.05) is 6.92 Å². The third-order valence-electron chi connectivity index (χ3n) is 2.56. The summed E-state index contributed by atoms with van der Waals surface area (Å²) in [6.45, 7) is 3.60. The molecule has 0 aliphatic heterocycles. The van der Waals surface area contributed by atoms with Crippen LogP contribution in [-0.2, 0) is 7.05 Å². The summed E-state index contributed by atoms with van der Waals surface area (Å²) < 4.78 is 7.17. The van der Waals surface area contributed by atoms with E-state index < -0.39 is 5.97 Å². The molecule has 0 saturated carbocycles. The van der Waals surface area contributed by atoms with Crippen molar-refractivity contribution in [3.8, 4) is 11.6 Å². The maximum atomic E-state index is 11.0. The molecule has 1 N–H and O–H groups in total. The molecule has 0 aliphatic rings. The molecule has 2 heterocycles. The summed E-state index contributed by atoms with van der Waals surface area (Å²) in [6.07, 6.45) is 1.30. The number of hydrogen-bond acceptors (Lipinski definition) is 5. The fourth-order valence-corrected chi connectivity index (χ4v) is 1.56. The Kier molecular flexibility index (Phi) is 2.97. The highest BCUT2D eigenvalue weighted by atomic mass is 16.5. The highest BCUT2D eigenvalue weighted by Crippen LogP contribution is 2.28. The van der Waals surface area contributed by atoms with Crippen molar-refractivity contribution >= 4 is 5.97 Å². The Morgan fingerprint density at radius 2 is 2.17 bits per heavy atom. The summed E-state index contributed by atoms with van der Waals surface area (Å²) in [6, 6.07) is 1.34. The van der Waals surface area contributed by atoms with Gasteiger partial charge in [-0.3, -0.25) is 4.68 Å². The van der Waals surface area contributed by atoms with E-state index in [0.717, 1.165) is 5.69 Å². The smallest absolute Gasteiger partial charge is 0.341 e. The Hall–Kier alpha value is -2.44. The first-order chi connectivity index (χ1) is 8.50. The Morgan fingerprint density at radius 3 is 2.72 bits per heavy atom. The quantitative estimate of drug-likeness (QED) is 0.880. The number of carboxylic acids is 1. The van der Waals surface area contributed by atoms with Crippen LogP contribution in [0.3, 0.4) is 0 Å². The summed E-state index contributed by atoms with van der Waals surface area (Å²) in [4.78, 5) is 11.0. The molecule has 0 unspecified atom stereocenters. The van der Waals surface area contributed by atoms with Crippen LogP contribution in [-0.4, -0.2) is 31.1 Å². The van der Waals surface area contributed by atoms with E-state index >= 15 is 0 Å². The average molecular weight is 248 g/mol. The second-order valence-corrected chi connectivity index (χ2v) is 3.78. The number of aromatic nitrogens is 4. The molecule has 0 radical (unpaired) electrons. The molecule has 0 saturated heterocycles. The van der Waals surface area contributed by atoms with Gasteiger partial charge in [0.1, 0.15) is 11.3 Å². The minimum absolute atomic E-state index is 0.0346. The topological polar surface area (TPSA) is 90.1 Å². The fourth-order valence-electron chi connectivity index (χ4n) is 1.56. The summed E-state index contributed by atoms with van der Waals surface area (Å²) in [7, 11) is 1.78. The van der Waals surface area contributed by atoms with Gasteiger partial charge in [-0.25, -0.2) is 4.79 Å². The largest absolute Gasteiger partial charge is 0.477 e. The van der Waals surface area contributed by atoms with Crippen molar-refractivity contribution in [1.29, 1.82) is 0 Å². The molecule has 0 spiro atoms. The van der Waals surface area contributed by atoms with Gasteiger partial charge in [-0.05, 0) is 19.9 Å². The van der Waals surface area contributed by atoms with E-state index in [0.29, 0.717) is 11.4 Å². The lowest BCUT2D eigenvalue weighted by Crippen LogP contribution is -2.03. The molecule has 94 valence electrons. The van der Waals surface area contributed by atoms with Crippen LogP contribution < -0.4 is 4.74 Å². The number of aryl methyl sites for hydroxylation is 2. The van der Waals surface area contributed by atoms with Gasteiger partial charge in [0.25, 0.3) is 5.88 Å². The molecule has 0 fully saturated rings. The van der Waals surface area contributed by atoms with Crippen molar-refractivity contribution < 1.29 is 14.6 Å². The predicted molar refractivity (Wildman–Crippen MR) is 61.7 cm³/mol. The van der Waals surface area contributed by atoms with Crippen molar-refractivity contribution in [2.24, 2.45) is 7.05 Å². The van der Waals surface area contributed by atoms with Crippen LogP contribution >= 0.6 is 0 Å². The van der Waals surface area contributed by atoms with Crippen molar-refractivity contribution in [1.82, 2.24) is 20.0 Å². The van der Waals surface area contributed by atoms with Crippen LogP contribution in [0.4, 0.5) is 0 Å². The maximum absolute atomic E-state index is 11.0. The van der Waals surface area contributed by atoms with Crippen LogP contribution in [0.25, 0.3) is 0 Å². The second-order valence-electron chi connectivity index (χ2n) is 3.78. The van der Waals surface area contributed by atoms with Gasteiger partial charge in [0.15, 0.2) is 5.75 Å². The molecule has 2 aromatic rings. The molecule has 2 aromatic heterocycles. The first kappa shape index (κ1) is 12.0. The molecule has 0 bridgehead atoms. The van der Waals surface area contributed by atoms with Gasteiger partial charge in [0, 0.05) is 7.05 Å². The molecule has 18 heavy (non-hydrogen) atoms. The Balaban J connectivity index is 2.43. The molecule has 0 amide bonds. The second kappa shape index (κ2) is 4.44. The predicted octanol–water partition coefficient (Wildman–Crippen LogP) is 1.32. The lowest BCUT2D eigenvalue weighted by Gasteiger charge is -2.06. The monoisotopic (exact) mass is 248 g/mol. The van der Waals surface area contributed by atoms with Crippen LogP contribution in [0.15, 0.2) is 12.3 Å². The average Bonchev–Trinajstić information content (AvgIpc) is 2.56. The van der Waals surface area contributed by atoms with Crippen LogP contribution in [0.2, 0.25) is 0 Å².